The summed E-state index contributed by atoms with van der Waals surface area (Å²) in [5.41, 5.74) is 0.410. The van der Waals surface area contributed by atoms with Crippen LogP contribution in [-0.4, -0.2) is 26.8 Å². The molecule has 1 aromatic carbocycles. The summed E-state index contributed by atoms with van der Waals surface area (Å²) in [6.45, 7) is 4.69. The lowest BCUT2D eigenvalue weighted by molar-refractivity contribution is 0.579. The Labute approximate surface area is 118 Å². The third-order valence-electron chi connectivity index (χ3n) is 2.39. The average molecular weight is 311 g/mol. The molecule has 7 heteroatoms. The monoisotopic (exact) mass is 310 g/mol. The number of anilines is 1. The minimum Gasteiger partial charge on any atom is -0.316 e. The highest BCUT2D eigenvalue weighted by Crippen LogP contribution is 2.25. The summed E-state index contributed by atoms with van der Waals surface area (Å²) in [6.07, 6.45) is 0. The molecule has 0 aliphatic rings. The van der Waals surface area contributed by atoms with E-state index < -0.39 is 15.3 Å². The van der Waals surface area contributed by atoms with Gasteiger partial charge in [0.1, 0.15) is 0 Å². The Bertz CT molecular complexity index is 506. The van der Waals surface area contributed by atoms with Crippen molar-refractivity contribution in [3.8, 4) is 0 Å². The van der Waals surface area contributed by atoms with Crippen LogP contribution in [0.25, 0.3) is 0 Å². The van der Waals surface area contributed by atoms with Gasteiger partial charge in [-0.3, -0.25) is 4.72 Å². The van der Waals surface area contributed by atoms with Crippen LogP contribution < -0.4 is 10.0 Å². The van der Waals surface area contributed by atoms with Gasteiger partial charge in [0.2, 0.25) is 10.0 Å². The lowest BCUT2D eigenvalue weighted by Gasteiger charge is -2.15. The Balaban J connectivity index is 2.78. The normalized spacial score (nSPS) is 13.3. The van der Waals surface area contributed by atoms with E-state index in [4.69, 9.17) is 23.2 Å². The third kappa shape index (κ3) is 4.31. The molecule has 0 saturated carbocycles. The maximum atomic E-state index is 12.0. The molecule has 1 atom stereocenters. The minimum absolute atomic E-state index is 0.316. The van der Waals surface area contributed by atoms with Crippen LogP contribution in [0.3, 0.4) is 0 Å². The predicted octanol–water partition coefficient (Wildman–Crippen LogP) is 2.73. The highest BCUT2D eigenvalue weighted by molar-refractivity contribution is 7.93. The number of benzene rings is 1. The zero-order valence-corrected chi connectivity index (χ0v) is 12.5. The van der Waals surface area contributed by atoms with Crippen LogP contribution in [0.4, 0.5) is 5.69 Å². The summed E-state index contributed by atoms with van der Waals surface area (Å²) in [5.74, 6) is 0. The fourth-order valence-corrected chi connectivity index (χ4v) is 2.57. The molecule has 102 valence electrons. The van der Waals surface area contributed by atoms with Gasteiger partial charge in [-0.1, -0.05) is 30.1 Å². The van der Waals surface area contributed by atoms with Gasteiger partial charge in [0, 0.05) is 6.54 Å². The second kappa shape index (κ2) is 6.61. The second-order valence-electron chi connectivity index (χ2n) is 3.89. The van der Waals surface area contributed by atoms with Crippen LogP contribution in [0.5, 0.6) is 0 Å². The molecule has 0 fully saturated rings. The molecule has 1 unspecified atom stereocenters. The molecule has 0 aromatic heterocycles. The number of hydrogen-bond donors (Lipinski definition) is 2. The molecule has 0 saturated heterocycles. The Hall–Kier alpha value is -0.490. The van der Waals surface area contributed by atoms with Gasteiger partial charge in [0.25, 0.3) is 0 Å². The highest BCUT2D eigenvalue weighted by Gasteiger charge is 2.20. The van der Waals surface area contributed by atoms with Crippen LogP contribution in [-0.2, 0) is 10.0 Å². The topological polar surface area (TPSA) is 58.2 Å². The lowest BCUT2D eigenvalue weighted by atomic mass is 10.3. The standard InChI is InChI=1S/C11H16Cl2N2O2S/c1-3-14-7-8(2)18(16,17)15-9-4-5-10(12)11(13)6-9/h4-6,8,14-15H,3,7H2,1-2H3. The van der Waals surface area contributed by atoms with E-state index in [0.717, 1.165) is 6.54 Å². The maximum Gasteiger partial charge on any atom is 0.236 e. The van der Waals surface area contributed by atoms with E-state index in [1.54, 1.807) is 19.1 Å². The van der Waals surface area contributed by atoms with Gasteiger partial charge in [-0.2, -0.15) is 0 Å². The summed E-state index contributed by atoms with van der Waals surface area (Å²) >= 11 is 11.6. The minimum atomic E-state index is -3.43. The molecule has 0 amide bonds. The zero-order valence-electron chi connectivity index (χ0n) is 10.2. The van der Waals surface area contributed by atoms with E-state index >= 15 is 0 Å². The molecule has 4 nitrogen and oxygen atoms in total. The van der Waals surface area contributed by atoms with E-state index in [0.29, 0.717) is 22.3 Å². The van der Waals surface area contributed by atoms with Gasteiger partial charge < -0.3 is 5.32 Å². The van der Waals surface area contributed by atoms with Crippen molar-refractivity contribution >= 4 is 38.9 Å². The van der Waals surface area contributed by atoms with Crippen molar-refractivity contribution in [1.82, 2.24) is 5.32 Å². The van der Waals surface area contributed by atoms with Crippen LogP contribution in [0, 0.1) is 0 Å². The Kier molecular flexibility index (Phi) is 5.72. The first-order valence-corrected chi connectivity index (χ1v) is 7.84. The van der Waals surface area contributed by atoms with Gasteiger partial charge in [0.15, 0.2) is 0 Å². The molecule has 0 bridgehead atoms. The van der Waals surface area contributed by atoms with Crippen LogP contribution in [0.2, 0.25) is 10.0 Å². The van der Waals surface area contributed by atoms with Crippen molar-refractivity contribution in [2.45, 2.75) is 19.1 Å². The first-order chi connectivity index (χ1) is 8.36. The number of nitrogens with one attached hydrogen (secondary N) is 2. The summed E-state index contributed by atoms with van der Waals surface area (Å²) in [7, 11) is -3.43. The SMILES string of the molecule is CCNCC(C)S(=O)(=O)Nc1ccc(Cl)c(Cl)c1. The van der Waals surface area contributed by atoms with Crippen LogP contribution >= 0.6 is 23.2 Å². The molecule has 0 spiro atoms. The van der Waals surface area contributed by atoms with Crippen LogP contribution in [0.15, 0.2) is 18.2 Å². The molecular weight excluding hydrogens is 295 g/mol. The molecule has 1 aromatic rings. The third-order valence-corrected chi connectivity index (χ3v) is 4.88. The molecule has 1 rings (SSSR count). The molecular formula is C11H16Cl2N2O2S. The molecule has 0 heterocycles. The first-order valence-electron chi connectivity index (χ1n) is 5.54. The summed E-state index contributed by atoms with van der Waals surface area (Å²) in [5, 5.41) is 3.16. The summed E-state index contributed by atoms with van der Waals surface area (Å²) in [4.78, 5) is 0. The van der Waals surface area contributed by atoms with Gasteiger partial charge in [-0.25, -0.2) is 8.42 Å². The Morgan fingerprint density at radius 1 is 1.28 bits per heavy atom. The van der Waals surface area contributed by atoms with Gasteiger partial charge in [0.05, 0.1) is 21.0 Å². The Morgan fingerprint density at radius 3 is 2.50 bits per heavy atom. The predicted molar refractivity (Wildman–Crippen MR) is 77.0 cm³/mol. The average Bonchev–Trinajstić information content (AvgIpc) is 2.30. The smallest absolute Gasteiger partial charge is 0.236 e. The van der Waals surface area contributed by atoms with E-state index in [-0.39, 0.29) is 0 Å². The highest BCUT2D eigenvalue weighted by atomic mass is 35.5. The van der Waals surface area contributed by atoms with Crippen molar-refractivity contribution in [1.29, 1.82) is 0 Å². The number of halogens is 2. The van der Waals surface area contributed by atoms with Crippen molar-refractivity contribution < 1.29 is 8.42 Å². The lowest BCUT2D eigenvalue weighted by Crippen LogP contribution is -2.34. The number of sulfonamides is 1. The molecule has 0 aliphatic carbocycles. The summed E-state index contributed by atoms with van der Waals surface area (Å²) in [6, 6.07) is 4.61. The van der Waals surface area contributed by atoms with E-state index in [1.165, 1.54) is 6.07 Å². The van der Waals surface area contributed by atoms with Crippen LogP contribution in [0.1, 0.15) is 13.8 Å². The molecule has 2 N–H and O–H groups in total. The van der Waals surface area contributed by atoms with Crippen molar-refractivity contribution in [3.05, 3.63) is 28.2 Å². The van der Waals surface area contributed by atoms with E-state index in [9.17, 15) is 8.42 Å². The molecule has 0 radical (unpaired) electrons. The van der Waals surface area contributed by atoms with Gasteiger partial charge in [-0.05, 0) is 31.7 Å². The molecule has 0 aliphatic heterocycles. The number of rotatable bonds is 6. The van der Waals surface area contributed by atoms with Gasteiger partial charge in [-0.15, -0.1) is 0 Å². The van der Waals surface area contributed by atoms with Crippen molar-refractivity contribution in [3.63, 3.8) is 0 Å². The van der Waals surface area contributed by atoms with E-state index in [1.807, 2.05) is 6.92 Å². The van der Waals surface area contributed by atoms with Gasteiger partial charge >= 0.3 is 0 Å². The van der Waals surface area contributed by atoms with E-state index in [2.05, 4.69) is 10.0 Å². The first kappa shape index (κ1) is 15.6. The largest absolute Gasteiger partial charge is 0.316 e. The second-order valence-corrected chi connectivity index (χ2v) is 6.81. The quantitative estimate of drug-likeness (QED) is 0.849. The fourth-order valence-electron chi connectivity index (χ4n) is 1.28. The summed E-state index contributed by atoms with van der Waals surface area (Å²) < 4.78 is 26.4. The van der Waals surface area contributed by atoms with Crippen molar-refractivity contribution in [2.75, 3.05) is 17.8 Å². The Morgan fingerprint density at radius 2 is 1.94 bits per heavy atom. The van der Waals surface area contributed by atoms with Crippen molar-refractivity contribution in [2.24, 2.45) is 0 Å². The zero-order chi connectivity index (χ0) is 13.8. The molecule has 18 heavy (non-hydrogen) atoms. The number of hydrogen-bond acceptors (Lipinski definition) is 3. The fraction of sp³-hybridized carbons (Fsp3) is 0.455. The maximum absolute atomic E-state index is 12.0.